The van der Waals surface area contributed by atoms with Crippen molar-refractivity contribution in [3.05, 3.63) is 30.1 Å². The maximum absolute atomic E-state index is 3.92. The van der Waals surface area contributed by atoms with Crippen molar-refractivity contribution in [1.82, 2.24) is 4.98 Å². The van der Waals surface area contributed by atoms with Crippen molar-refractivity contribution < 1.29 is 19.5 Å². The minimum Gasteiger partial charge on any atom is -0.301 e. The fourth-order valence-electron chi connectivity index (χ4n) is 0.404. The number of nitrogens with zero attached hydrogens (tertiary/aromatic N) is 1. The predicted octanol–water partition coefficient (Wildman–Crippen LogP) is 2.21. The molecule has 10 heavy (non-hydrogen) atoms. The van der Waals surface area contributed by atoms with Gasteiger partial charge in [0.25, 0.3) is 0 Å². The van der Waals surface area contributed by atoms with Gasteiger partial charge in [-0.15, -0.1) is 0 Å². The summed E-state index contributed by atoms with van der Waals surface area (Å²) in [6.07, 6.45) is 1.76. The quantitative estimate of drug-likeness (QED) is 0.485. The minimum absolute atomic E-state index is 0. The van der Waals surface area contributed by atoms with E-state index in [4.69, 9.17) is 0 Å². The van der Waals surface area contributed by atoms with Gasteiger partial charge in [-0.05, 0) is 6.92 Å². The fraction of sp³-hybridized carbons (Fsp3) is 0.375. The van der Waals surface area contributed by atoms with Crippen LogP contribution in [-0.4, -0.2) is 4.98 Å². The first-order chi connectivity index (χ1) is 4.39. The third kappa shape index (κ3) is 5.90. The summed E-state index contributed by atoms with van der Waals surface area (Å²) in [6, 6.07) is 6.62. The Hall–Kier alpha value is -0.227. The van der Waals surface area contributed by atoms with Gasteiger partial charge < -0.3 is 4.98 Å². The van der Waals surface area contributed by atoms with Crippen LogP contribution in [-0.2, 0) is 19.5 Å². The molecular formula is C8H12NRu. The summed E-state index contributed by atoms with van der Waals surface area (Å²) in [7, 11) is 0. The third-order valence-corrected chi connectivity index (χ3v) is 0.743. The van der Waals surface area contributed by atoms with Gasteiger partial charge in [0.1, 0.15) is 0 Å². The van der Waals surface area contributed by atoms with Crippen LogP contribution in [0.4, 0.5) is 0 Å². The standard InChI is InChI=1S/C6H6N.C2H6.Ru/c1-6-4-2-3-5-7-6;1-2;/h2-3,5H,1H3;1-2H3;/q-1;;+1. The van der Waals surface area contributed by atoms with Gasteiger partial charge in [0.15, 0.2) is 0 Å². The molecule has 0 saturated carbocycles. The average Bonchev–Trinajstić information content (AvgIpc) is 1.94. The van der Waals surface area contributed by atoms with Crippen LogP contribution in [0.25, 0.3) is 0 Å². The number of aromatic nitrogens is 1. The van der Waals surface area contributed by atoms with Crippen molar-refractivity contribution in [3.63, 3.8) is 0 Å². The van der Waals surface area contributed by atoms with Gasteiger partial charge in [0.05, 0.1) is 0 Å². The van der Waals surface area contributed by atoms with Gasteiger partial charge in [0.2, 0.25) is 0 Å². The first-order valence-electron chi connectivity index (χ1n) is 3.19. The Kier molecular flexibility index (Phi) is 10.9. The zero-order valence-corrected chi connectivity index (χ0v) is 8.27. The van der Waals surface area contributed by atoms with Gasteiger partial charge in [0, 0.05) is 0 Å². The van der Waals surface area contributed by atoms with Crippen molar-refractivity contribution in [1.29, 1.82) is 0 Å². The van der Waals surface area contributed by atoms with E-state index in [0.29, 0.717) is 0 Å². The molecule has 1 radical (unpaired) electrons. The van der Waals surface area contributed by atoms with E-state index >= 15 is 0 Å². The van der Waals surface area contributed by atoms with Crippen molar-refractivity contribution in [2.24, 2.45) is 0 Å². The molecule has 1 aromatic heterocycles. The Morgan fingerprint density at radius 1 is 1.40 bits per heavy atom. The van der Waals surface area contributed by atoms with E-state index in [1.54, 1.807) is 6.20 Å². The fourth-order valence-corrected chi connectivity index (χ4v) is 0.404. The van der Waals surface area contributed by atoms with Crippen molar-refractivity contribution in [2.45, 2.75) is 20.8 Å². The largest absolute Gasteiger partial charge is 1.00 e. The Balaban J connectivity index is 0. The number of pyridine rings is 1. The molecule has 0 unspecified atom stereocenters. The summed E-state index contributed by atoms with van der Waals surface area (Å²) < 4.78 is 0. The molecule has 0 N–H and O–H groups in total. The zero-order chi connectivity index (χ0) is 7.11. The molecular weight excluding hydrogens is 211 g/mol. The zero-order valence-electron chi connectivity index (χ0n) is 6.53. The summed E-state index contributed by atoms with van der Waals surface area (Å²) in [5.74, 6) is 0. The van der Waals surface area contributed by atoms with Gasteiger partial charge in [-0.25, -0.2) is 12.1 Å². The Bertz CT molecular complexity index is 139. The molecule has 0 aliphatic heterocycles. The molecule has 1 nitrogen and oxygen atoms in total. The molecule has 1 aromatic rings. The van der Waals surface area contributed by atoms with E-state index in [0.717, 1.165) is 5.69 Å². The summed E-state index contributed by atoms with van der Waals surface area (Å²) in [6.45, 7) is 5.92. The van der Waals surface area contributed by atoms with Crippen molar-refractivity contribution in [2.75, 3.05) is 0 Å². The van der Waals surface area contributed by atoms with E-state index in [9.17, 15) is 0 Å². The van der Waals surface area contributed by atoms with Crippen molar-refractivity contribution in [3.8, 4) is 0 Å². The molecule has 0 aliphatic rings. The molecule has 1 heterocycles. The maximum atomic E-state index is 3.92. The second-order valence-corrected chi connectivity index (χ2v) is 1.37. The van der Waals surface area contributed by atoms with Crippen LogP contribution in [0.3, 0.4) is 0 Å². The van der Waals surface area contributed by atoms with Gasteiger partial charge in [-0.2, -0.15) is 6.07 Å². The molecule has 0 saturated heterocycles. The first kappa shape index (κ1) is 12.4. The van der Waals surface area contributed by atoms with E-state index in [1.807, 2.05) is 32.9 Å². The van der Waals surface area contributed by atoms with E-state index < -0.39 is 0 Å². The molecule has 0 aliphatic carbocycles. The predicted molar refractivity (Wildman–Crippen MR) is 39.2 cm³/mol. The molecule has 0 amide bonds. The van der Waals surface area contributed by atoms with E-state index in [-0.39, 0.29) is 19.5 Å². The van der Waals surface area contributed by atoms with Crippen LogP contribution in [0.5, 0.6) is 0 Å². The van der Waals surface area contributed by atoms with E-state index in [1.165, 1.54) is 0 Å². The van der Waals surface area contributed by atoms with Crippen LogP contribution < -0.4 is 0 Å². The molecule has 2 heteroatoms. The normalized spacial score (nSPS) is 6.70. The Morgan fingerprint density at radius 3 is 2.20 bits per heavy atom. The Labute approximate surface area is 75.6 Å². The number of hydrogen-bond donors (Lipinski definition) is 0. The molecule has 0 spiro atoms. The number of rotatable bonds is 0. The van der Waals surface area contributed by atoms with Crippen LogP contribution in [0.2, 0.25) is 0 Å². The summed E-state index contributed by atoms with van der Waals surface area (Å²) >= 11 is 0. The Morgan fingerprint density at radius 2 is 2.00 bits per heavy atom. The second kappa shape index (κ2) is 8.77. The molecule has 0 atom stereocenters. The summed E-state index contributed by atoms with van der Waals surface area (Å²) in [5, 5.41) is 0. The molecule has 0 bridgehead atoms. The number of hydrogen-bond acceptors (Lipinski definition) is 1. The molecule has 0 fully saturated rings. The monoisotopic (exact) mass is 224 g/mol. The van der Waals surface area contributed by atoms with Crippen molar-refractivity contribution >= 4 is 0 Å². The van der Waals surface area contributed by atoms with Crippen LogP contribution >= 0.6 is 0 Å². The average molecular weight is 223 g/mol. The molecule has 0 aromatic carbocycles. The van der Waals surface area contributed by atoms with Crippen LogP contribution in [0, 0.1) is 13.0 Å². The third-order valence-electron chi connectivity index (χ3n) is 0.743. The topological polar surface area (TPSA) is 12.9 Å². The first-order valence-corrected chi connectivity index (χ1v) is 3.19. The van der Waals surface area contributed by atoms with Crippen LogP contribution in [0.1, 0.15) is 19.5 Å². The van der Waals surface area contributed by atoms with E-state index in [2.05, 4.69) is 11.1 Å². The smallest absolute Gasteiger partial charge is 0.301 e. The minimum atomic E-state index is 0. The van der Waals surface area contributed by atoms with Crippen LogP contribution in [0.15, 0.2) is 18.3 Å². The molecule has 1 rings (SSSR count). The van der Waals surface area contributed by atoms with Gasteiger partial charge in [-0.3, -0.25) is 0 Å². The summed E-state index contributed by atoms with van der Waals surface area (Å²) in [5.41, 5.74) is 0.947. The number of aryl methyl sites for hydroxylation is 1. The summed E-state index contributed by atoms with van der Waals surface area (Å²) in [4.78, 5) is 3.92. The molecule has 57 valence electrons. The second-order valence-electron chi connectivity index (χ2n) is 1.37. The van der Waals surface area contributed by atoms with Gasteiger partial charge in [-0.1, -0.05) is 25.7 Å². The van der Waals surface area contributed by atoms with Gasteiger partial charge >= 0.3 is 19.5 Å². The SMILES string of the molecule is CC.Cc1[c-]cccn1.[Ru+]. The maximum Gasteiger partial charge on any atom is 1.00 e.